The van der Waals surface area contributed by atoms with Crippen molar-refractivity contribution in [1.82, 2.24) is 19.6 Å². The van der Waals surface area contributed by atoms with E-state index in [2.05, 4.69) is 34.2 Å². The molecule has 0 N–H and O–H groups in total. The first-order valence-corrected chi connectivity index (χ1v) is 6.97. The number of fused-ring (bicyclic) bond motifs is 1. The molecule has 0 fully saturated rings. The average Bonchev–Trinajstić information content (AvgIpc) is 2.90. The van der Waals surface area contributed by atoms with Crippen LogP contribution in [0.1, 0.15) is 23.9 Å². The van der Waals surface area contributed by atoms with Crippen molar-refractivity contribution in [2.24, 2.45) is 0 Å². The molecule has 0 aliphatic rings. The lowest BCUT2D eigenvalue weighted by Crippen LogP contribution is -2.02. The number of halogens is 1. The smallest absolute Gasteiger partial charge is 0.199 e. The van der Waals surface area contributed by atoms with Gasteiger partial charge in [0.05, 0.1) is 5.69 Å². The highest BCUT2D eigenvalue weighted by Crippen LogP contribution is 2.27. The van der Waals surface area contributed by atoms with Gasteiger partial charge in [0.2, 0.25) is 0 Å². The molecule has 0 amide bonds. The van der Waals surface area contributed by atoms with Gasteiger partial charge in [-0.05, 0) is 25.8 Å². The summed E-state index contributed by atoms with van der Waals surface area (Å²) in [6.45, 7) is 6.08. The summed E-state index contributed by atoms with van der Waals surface area (Å²) in [5.41, 5.74) is 4.84. The molecule has 0 radical (unpaired) electrons. The number of benzene rings is 1. The van der Waals surface area contributed by atoms with Crippen molar-refractivity contribution in [2.45, 2.75) is 27.2 Å². The first kappa shape index (κ1) is 13.1. The summed E-state index contributed by atoms with van der Waals surface area (Å²) in [5, 5.41) is 8.91. The largest absolute Gasteiger partial charge is 0.275 e. The van der Waals surface area contributed by atoms with Gasteiger partial charge in [-0.25, -0.2) is 4.98 Å². The highest BCUT2D eigenvalue weighted by Gasteiger charge is 2.16. The summed E-state index contributed by atoms with van der Waals surface area (Å²) >= 11 is 6.17. The first-order valence-electron chi connectivity index (χ1n) is 6.59. The van der Waals surface area contributed by atoms with E-state index in [4.69, 9.17) is 11.6 Å². The summed E-state index contributed by atoms with van der Waals surface area (Å²) in [6.07, 6.45) is 0.946. The van der Waals surface area contributed by atoms with Crippen LogP contribution >= 0.6 is 11.6 Å². The molecule has 102 valence electrons. The molecule has 0 atom stereocenters. The number of hydrogen-bond acceptors (Lipinski definition) is 3. The van der Waals surface area contributed by atoms with E-state index in [9.17, 15) is 0 Å². The van der Waals surface area contributed by atoms with Gasteiger partial charge >= 0.3 is 0 Å². The first-order chi connectivity index (χ1) is 9.63. The molecule has 2 aromatic heterocycles. The van der Waals surface area contributed by atoms with Crippen molar-refractivity contribution >= 4 is 17.2 Å². The normalized spacial score (nSPS) is 11.2. The lowest BCUT2D eigenvalue weighted by Gasteiger charge is -2.09. The van der Waals surface area contributed by atoms with Gasteiger partial charge < -0.3 is 0 Å². The minimum Gasteiger partial charge on any atom is -0.275 e. The van der Waals surface area contributed by atoms with Crippen molar-refractivity contribution < 1.29 is 0 Å². The minimum atomic E-state index is 0.390. The number of aryl methyl sites for hydroxylation is 3. The van der Waals surface area contributed by atoms with Gasteiger partial charge in [0.25, 0.3) is 0 Å². The zero-order chi connectivity index (χ0) is 14.3. The summed E-state index contributed by atoms with van der Waals surface area (Å²) < 4.78 is 1.99. The predicted molar refractivity (Wildman–Crippen MR) is 80.1 cm³/mol. The van der Waals surface area contributed by atoms with Gasteiger partial charge in [-0.1, -0.05) is 42.8 Å². The van der Waals surface area contributed by atoms with Crippen molar-refractivity contribution in [1.29, 1.82) is 0 Å². The predicted octanol–water partition coefficient (Wildman–Crippen LogP) is 3.62. The Hall–Kier alpha value is -1.94. The van der Waals surface area contributed by atoms with E-state index in [-0.39, 0.29) is 0 Å². The van der Waals surface area contributed by atoms with E-state index in [1.807, 2.05) is 30.4 Å². The molecule has 4 nitrogen and oxygen atoms in total. The third-order valence-electron chi connectivity index (χ3n) is 3.61. The van der Waals surface area contributed by atoms with Crippen LogP contribution in [0.5, 0.6) is 0 Å². The molecular formula is C15H15ClN4. The second-order valence-electron chi connectivity index (χ2n) is 4.77. The molecular weight excluding hydrogens is 272 g/mol. The SMILES string of the molecule is CCc1ccccc1-c1nnc2c(Cl)nc(C)c(C)n12. The standard InChI is InChI=1S/C15H15ClN4/c1-4-11-7-5-6-8-12(11)14-18-19-15-13(16)17-9(2)10(3)20(14)15/h5-8H,4H2,1-3H3. The van der Waals surface area contributed by atoms with Crippen LogP contribution in [0.3, 0.4) is 0 Å². The van der Waals surface area contributed by atoms with E-state index >= 15 is 0 Å². The maximum Gasteiger partial charge on any atom is 0.199 e. The Balaban J connectivity index is 2.38. The van der Waals surface area contributed by atoms with Gasteiger partial charge in [0.15, 0.2) is 16.6 Å². The highest BCUT2D eigenvalue weighted by molar-refractivity contribution is 6.32. The third kappa shape index (κ3) is 1.88. The maximum absolute atomic E-state index is 6.17. The zero-order valence-electron chi connectivity index (χ0n) is 11.7. The van der Waals surface area contributed by atoms with Crippen molar-refractivity contribution in [2.75, 3.05) is 0 Å². The highest BCUT2D eigenvalue weighted by atomic mass is 35.5. The molecule has 2 heterocycles. The molecule has 3 aromatic rings. The molecule has 0 unspecified atom stereocenters. The van der Waals surface area contributed by atoms with E-state index in [0.29, 0.717) is 10.8 Å². The van der Waals surface area contributed by atoms with Crippen LogP contribution in [0.4, 0.5) is 0 Å². The van der Waals surface area contributed by atoms with Gasteiger partial charge in [0.1, 0.15) is 0 Å². The Morgan fingerprint density at radius 3 is 2.65 bits per heavy atom. The van der Waals surface area contributed by atoms with Gasteiger partial charge in [-0.15, -0.1) is 10.2 Å². The molecule has 0 aliphatic carbocycles. The van der Waals surface area contributed by atoms with Crippen LogP contribution in [0, 0.1) is 13.8 Å². The molecule has 0 aliphatic heterocycles. The molecule has 0 spiro atoms. The Kier molecular flexibility index (Phi) is 3.18. The minimum absolute atomic E-state index is 0.390. The number of aromatic nitrogens is 4. The Morgan fingerprint density at radius 1 is 1.15 bits per heavy atom. The van der Waals surface area contributed by atoms with Crippen molar-refractivity contribution in [3.63, 3.8) is 0 Å². The maximum atomic E-state index is 6.17. The lowest BCUT2D eigenvalue weighted by molar-refractivity contribution is 0.995. The number of nitrogens with zero attached hydrogens (tertiary/aromatic N) is 4. The molecule has 1 aromatic carbocycles. The average molecular weight is 287 g/mol. The van der Waals surface area contributed by atoms with Crippen LogP contribution in [-0.2, 0) is 6.42 Å². The molecule has 0 bridgehead atoms. The monoisotopic (exact) mass is 286 g/mol. The fraction of sp³-hybridized carbons (Fsp3) is 0.267. The van der Waals surface area contributed by atoms with Gasteiger partial charge in [-0.3, -0.25) is 4.40 Å². The van der Waals surface area contributed by atoms with Crippen molar-refractivity contribution in [3.05, 3.63) is 46.4 Å². The fourth-order valence-electron chi connectivity index (χ4n) is 2.40. The fourth-order valence-corrected chi connectivity index (χ4v) is 2.65. The van der Waals surface area contributed by atoms with Crippen LogP contribution in [0.25, 0.3) is 17.0 Å². The summed E-state index contributed by atoms with van der Waals surface area (Å²) in [6, 6.07) is 8.23. The van der Waals surface area contributed by atoms with Crippen LogP contribution < -0.4 is 0 Å². The van der Waals surface area contributed by atoms with E-state index in [0.717, 1.165) is 29.2 Å². The van der Waals surface area contributed by atoms with Gasteiger partial charge in [-0.2, -0.15) is 0 Å². The van der Waals surface area contributed by atoms with E-state index in [1.165, 1.54) is 5.56 Å². The Labute approximate surface area is 122 Å². The van der Waals surface area contributed by atoms with Gasteiger partial charge in [0, 0.05) is 11.3 Å². The molecule has 0 saturated heterocycles. The topological polar surface area (TPSA) is 43.1 Å². The quantitative estimate of drug-likeness (QED) is 0.722. The Morgan fingerprint density at radius 2 is 1.90 bits per heavy atom. The molecule has 0 saturated carbocycles. The third-order valence-corrected chi connectivity index (χ3v) is 3.87. The summed E-state index contributed by atoms with van der Waals surface area (Å²) in [5.74, 6) is 0.822. The molecule has 3 rings (SSSR count). The molecule has 5 heteroatoms. The van der Waals surface area contributed by atoms with Crippen LogP contribution in [-0.4, -0.2) is 19.6 Å². The number of hydrogen-bond donors (Lipinski definition) is 0. The van der Waals surface area contributed by atoms with Crippen LogP contribution in [0.15, 0.2) is 24.3 Å². The number of rotatable bonds is 2. The van der Waals surface area contributed by atoms with E-state index in [1.54, 1.807) is 0 Å². The summed E-state index contributed by atoms with van der Waals surface area (Å²) in [4.78, 5) is 4.29. The van der Waals surface area contributed by atoms with E-state index < -0.39 is 0 Å². The summed E-state index contributed by atoms with van der Waals surface area (Å²) in [7, 11) is 0. The second kappa shape index (κ2) is 4.87. The van der Waals surface area contributed by atoms with Crippen LogP contribution in [0.2, 0.25) is 5.15 Å². The second-order valence-corrected chi connectivity index (χ2v) is 5.12. The lowest BCUT2D eigenvalue weighted by atomic mass is 10.0. The van der Waals surface area contributed by atoms with Crippen molar-refractivity contribution in [3.8, 4) is 11.4 Å². The molecule has 20 heavy (non-hydrogen) atoms. The zero-order valence-corrected chi connectivity index (χ0v) is 12.4. The Bertz CT molecular complexity index is 792.